The van der Waals surface area contributed by atoms with Crippen LogP contribution in [-0.4, -0.2) is 19.3 Å². The Hall–Kier alpha value is -0.380. The summed E-state index contributed by atoms with van der Waals surface area (Å²) in [6.45, 7) is 4.01. The Morgan fingerprint density at radius 3 is 2.50 bits per heavy atom. The lowest BCUT2D eigenvalue weighted by Crippen LogP contribution is -2.36. The molecule has 1 aliphatic rings. The molecule has 1 heterocycles. The predicted octanol–water partition coefficient (Wildman–Crippen LogP) is 3.28. The number of hydrogen-bond donors (Lipinski definition) is 1. The van der Waals surface area contributed by atoms with Crippen molar-refractivity contribution in [1.82, 2.24) is 5.32 Å². The molecule has 88 valence electrons. The maximum absolute atomic E-state index is 5.36. The van der Waals surface area contributed by atoms with Crippen molar-refractivity contribution in [3.8, 4) is 0 Å². The molecule has 1 fully saturated rings. The largest absolute Gasteiger partial charge is 0.381 e. The molecule has 1 atom stereocenters. The van der Waals surface area contributed by atoms with Gasteiger partial charge in [0.1, 0.15) is 0 Å². The topological polar surface area (TPSA) is 21.3 Å². The third-order valence-corrected chi connectivity index (χ3v) is 3.61. The predicted molar refractivity (Wildman–Crippen MR) is 69.5 cm³/mol. The molecule has 0 aromatic heterocycles. The number of rotatable bonds is 3. The molecule has 0 aliphatic carbocycles. The Bertz CT molecular complexity index is 319. The molecule has 2 rings (SSSR count). The molecule has 0 unspecified atom stereocenters. The summed E-state index contributed by atoms with van der Waals surface area (Å²) in [5.74, 6) is 0. The first-order valence-electron chi connectivity index (χ1n) is 5.85. The van der Waals surface area contributed by atoms with Crippen molar-refractivity contribution in [2.24, 2.45) is 0 Å². The summed E-state index contributed by atoms with van der Waals surface area (Å²) < 4.78 is 6.49. The van der Waals surface area contributed by atoms with Crippen LogP contribution in [0.15, 0.2) is 28.7 Å². The molecule has 0 radical (unpaired) electrons. The van der Waals surface area contributed by atoms with Crippen LogP contribution >= 0.6 is 15.9 Å². The molecule has 16 heavy (non-hydrogen) atoms. The monoisotopic (exact) mass is 283 g/mol. The van der Waals surface area contributed by atoms with Gasteiger partial charge >= 0.3 is 0 Å². The first-order valence-corrected chi connectivity index (χ1v) is 6.64. The van der Waals surface area contributed by atoms with Crippen molar-refractivity contribution in [3.63, 3.8) is 0 Å². The Kier molecular flexibility index (Phi) is 4.38. The van der Waals surface area contributed by atoms with Gasteiger partial charge in [0.25, 0.3) is 0 Å². The van der Waals surface area contributed by atoms with E-state index in [1.165, 1.54) is 5.56 Å². The van der Waals surface area contributed by atoms with E-state index in [0.29, 0.717) is 12.1 Å². The summed E-state index contributed by atoms with van der Waals surface area (Å²) >= 11 is 3.46. The van der Waals surface area contributed by atoms with Crippen molar-refractivity contribution in [2.75, 3.05) is 13.2 Å². The number of ether oxygens (including phenoxy) is 1. The van der Waals surface area contributed by atoms with Crippen molar-refractivity contribution < 1.29 is 4.74 Å². The zero-order valence-electron chi connectivity index (χ0n) is 9.58. The summed E-state index contributed by atoms with van der Waals surface area (Å²) in [6, 6.07) is 9.54. The molecule has 0 saturated carbocycles. The number of nitrogens with one attached hydrogen (secondary N) is 1. The van der Waals surface area contributed by atoms with Gasteiger partial charge in [0.05, 0.1) is 0 Å². The molecule has 1 saturated heterocycles. The van der Waals surface area contributed by atoms with Crippen LogP contribution in [0.3, 0.4) is 0 Å². The Labute approximate surface area is 106 Å². The van der Waals surface area contributed by atoms with Gasteiger partial charge < -0.3 is 10.1 Å². The van der Waals surface area contributed by atoms with Gasteiger partial charge in [-0.1, -0.05) is 28.1 Å². The van der Waals surface area contributed by atoms with E-state index < -0.39 is 0 Å². The lowest BCUT2D eigenvalue weighted by atomic mass is 10.0. The zero-order chi connectivity index (χ0) is 11.4. The second kappa shape index (κ2) is 5.80. The Morgan fingerprint density at radius 2 is 1.88 bits per heavy atom. The van der Waals surface area contributed by atoms with Gasteiger partial charge in [-0.15, -0.1) is 0 Å². The van der Waals surface area contributed by atoms with Crippen LogP contribution < -0.4 is 5.32 Å². The second-order valence-electron chi connectivity index (χ2n) is 4.33. The molecule has 0 bridgehead atoms. The highest BCUT2D eigenvalue weighted by atomic mass is 79.9. The SMILES string of the molecule is C[C@H](NC1CCOCC1)c1ccc(Br)cc1. The molecular weight excluding hydrogens is 266 g/mol. The Balaban J connectivity index is 1.91. The Morgan fingerprint density at radius 1 is 1.25 bits per heavy atom. The van der Waals surface area contributed by atoms with Gasteiger partial charge in [-0.25, -0.2) is 0 Å². The van der Waals surface area contributed by atoms with Gasteiger partial charge in [0, 0.05) is 29.8 Å². The summed E-state index contributed by atoms with van der Waals surface area (Å²) in [6.07, 6.45) is 2.25. The fourth-order valence-electron chi connectivity index (χ4n) is 2.07. The molecule has 2 nitrogen and oxygen atoms in total. The normalized spacial score (nSPS) is 19.6. The molecule has 1 aromatic carbocycles. The molecule has 0 spiro atoms. The van der Waals surface area contributed by atoms with Gasteiger partial charge in [0.15, 0.2) is 0 Å². The smallest absolute Gasteiger partial charge is 0.0480 e. The average Bonchev–Trinajstić information content (AvgIpc) is 2.31. The zero-order valence-corrected chi connectivity index (χ0v) is 11.2. The van der Waals surface area contributed by atoms with Crippen LogP contribution in [0, 0.1) is 0 Å². The van der Waals surface area contributed by atoms with Crippen molar-refractivity contribution in [2.45, 2.75) is 31.8 Å². The summed E-state index contributed by atoms with van der Waals surface area (Å²) in [5, 5.41) is 3.66. The minimum Gasteiger partial charge on any atom is -0.381 e. The maximum atomic E-state index is 5.36. The van der Waals surface area contributed by atoms with Crippen LogP contribution in [0.2, 0.25) is 0 Å². The first kappa shape index (κ1) is 12.1. The van der Waals surface area contributed by atoms with Crippen LogP contribution in [-0.2, 0) is 4.74 Å². The lowest BCUT2D eigenvalue weighted by Gasteiger charge is -2.27. The van der Waals surface area contributed by atoms with Crippen LogP contribution in [0.5, 0.6) is 0 Å². The minimum atomic E-state index is 0.413. The molecule has 3 heteroatoms. The lowest BCUT2D eigenvalue weighted by molar-refractivity contribution is 0.0754. The third-order valence-electron chi connectivity index (χ3n) is 3.08. The highest BCUT2D eigenvalue weighted by Gasteiger charge is 2.16. The number of benzene rings is 1. The molecule has 1 aromatic rings. The molecular formula is C13H18BrNO. The van der Waals surface area contributed by atoms with Crippen LogP contribution in [0.25, 0.3) is 0 Å². The van der Waals surface area contributed by atoms with Crippen molar-refractivity contribution in [1.29, 1.82) is 0 Å². The fraction of sp³-hybridized carbons (Fsp3) is 0.538. The third kappa shape index (κ3) is 3.30. The summed E-state index contributed by atoms with van der Waals surface area (Å²) in [7, 11) is 0. The molecule has 1 N–H and O–H groups in total. The van der Waals surface area contributed by atoms with E-state index >= 15 is 0 Å². The van der Waals surface area contributed by atoms with E-state index in [2.05, 4.69) is 52.4 Å². The maximum Gasteiger partial charge on any atom is 0.0480 e. The van der Waals surface area contributed by atoms with Crippen LogP contribution in [0.4, 0.5) is 0 Å². The van der Waals surface area contributed by atoms with E-state index in [9.17, 15) is 0 Å². The van der Waals surface area contributed by atoms with Gasteiger partial charge in [-0.3, -0.25) is 0 Å². The van der Waals surface area contributed by atoms with E-state index in [4.69, 9.17) is 4.74 Å². The summed E-state index contributed by atoms with van der Waals surface area (Å²) in [4.78, 5) is 0. The minimum absolute atomic E-state index is 0.413. The van der Waals surface area contributed by atoms with Gasteiger partial charge in [-0.05, 0) is 37.5 Å². The fourth-order valence-corrected chi connectivity index (χ4v) is 2.33. The molecule has 0 amide bonds. The highest BCUT2D eigenvalue weighted by Crippen LogP contribution is 2.18. The van der Waals surface area contributed by atoms with E-state index in [0.717, 1.165) is 30.5 Å². The first-order chi connectivity index (χ1) is 7.75. The van der Waals surface area contributed by atoms with Crippen molar-refractivity contribution >= 4 is 15.9 Å². The van der Waals surface area contributed by atoms with Gasteiger partial charge in [0.2, 0.25) is 0 Å². The quantitative estimate of drug-likeness (QED) is 0.919. The standard InChI is InChI=1S/C13H18BrNO/c1-10(11-2-4-12(14)5-3-11)15-13-6-8-16-9-7-13/h2-5,10,13,15H,6-9H2,1H3/t10-/m0/s1. The number of hydrogen-bond acceptors (Lipinski definition) is 2. The molecule has 1 aliphatic heterocycles. The summed E-state index contributed by atoms with van der Waals surface area (Å²) in [5.41, 5.74) is 1.34. The van der Waals surface area contributed by atoms with E-state index in [1.54, 1.807) is 0 Å². The second-order valence-corrected chi connectivity index (χ2v) is 5.24. The van der Waals surface area contributed by atoms with E-state index in [-0.39, 0.29) is 0 Å². The highest BCUT2D eigenvalue weighted by molar-refractivity contribution is 9.10. The van der Waals surface area contributed by atoms with Crippen molar-refractivity contribution in [3.05, 3.63) is 34.3 Å². The van der Waals surface area contributed by atoms with Gasteiger partial charge in [-0.2, -0.15) is 0 Å². The van der Waals surface area contributed by atoms with E-state index in [1.807, 2.05) is 0 Å². The van der Waals surface area contributed by atoms with Crippen LogP contribution in [0.1, 0.15) is 31.4 Å². The average molecular weight is 284 g/mol. The number of halogens is 1.